The highest BCUT2D eigenvalue weighted by atomic mass is 16.7. The van der Waals surface area contributed by atoms with Gasteiger partial charge in [-0.05, 0) is 62.4 Å². The lowest BCUT2D eigenvalue weighted by molar-refractivity contribution is -0.135. The van der Waals surface area contributed by atoms with Crippen molar-refractivity contribution in [3.63, 3.8) is 0 Å². The van der Waals surface area contributed by atoms with Gasteiger partial charge in [-0.2, -0.15) is 0 Å². The maximum absolute atomic E-state index is 13.2. The average Bonchev–Trinajstić information content (AvgIpc) is 3.39. The number of amides is 2. The predicted octanol–water partition coefficient (Wildman–Crippen LogP) is 2.49. The summed E-state index contributed by atoms with van der Waals surface area (Å²) >= 11 is 0. The SMILES string of the molecule is CN(CC1CCCN2CCCCC12)C(=O)C1CC(=O)N(Cc2ccc3c(c2)OCO3)C1. The Bertz CT molecular complexity index is 842. The molecular weight excluding hydrogens is 394 g/mol. The highest BCUT2D eigenvalue weighted by Gasteiger charge is 2.38. The first-order chi connectivity index (χ1) is 15.1. The molecule has 3 atom stereocenters. The monoisotopic (exact) mass is 427 g/mol. The Kier molecular flexibility index (Phi) is 5.78. The fraction of sp³-hybridized carbons (Fsp3) is 0.667. The molecule has 0 N–H and O–H groups in total. The number of rotatable bonds is 5. The van der Waals surface area contributed by atoms with E-state index in [1.54, 1.807) is 4.90 Å². The lowest BCUT2D eigenvalue weighted by Gasteiger charge is -2.45. The second-order valence-corrected chi connectivity index (χ2v) is 9.58. The van der Waals surface area contributed by atoms with Crippen LogP contribution in [-0.4, -0.2) is 72.6 Å². The number of nitrogens with zero attached hydrogens (tertiary/aromatic N) is 3. The van der Waals surface area contributed by atoms with Gasteiger partial charge in [-0.3, -0.25) is 9.59 Å². The molecule has 0 spiro atoms. The first-order valence-electron chi connectivity index (χ1n) is 11.7. The molecule has 31 heavy (non-hydrogen) atoms. The highest BCUT2D eigenvalue weighted by Crippen LogP contribution is 2.34. The van der Waals surface area contributed by atoms with Crippen LogP contribution in [-0.2, 0) is 16.1 Å². The molecule has 2 amide bonds. The van der Waals surface area contributed by atoms with Crippen LogP contribution in [0.1, 0.15) is 44.1 Å². The summed E-state index contributed by atoms with van der Waals surface area (Å²) < 4.78 is 10.8. The molecule has 7 nitrogen and oxygen atoms in total. The Morgan fingerprint density at radius 2 is 1.97 bits per heavy atom. The van der Waals surface area contributed by atoms with E-state index in [0.717, 1.165) is 23.6 Å². The van der Waals surface area contributed by atoms with Crippen molar-refractivity contribution in [2.45, 2.75) is 51.1 Å². The molecule has 5 rings (SSSR count). The fourth-order valence-corrected chi connectivity index (χ4v) is 5.89. The van der Waals surface area contributed by atoms with Crippen LogP contribution in [0.3, 0.4) is 0 Å². The summed E-state index contributed by atoms with van der Waals surface area (Å²) in [5.74, 6) is 1.96. The van der Waals surface area contributed by atoms with E-state index in [-0.39, 0.29) is 24.5 Å². The van der Waals surface area contributed by atoms with Crippen molar-refractivity contribution < 1.29 is 19.1 Å². The van der Waals surface area contributed by atoms with Gasteiger partial charge < -0.3 is 24.2 Å². The van der Waals surface area contributed by atoms with Crippen LogP contribution in [0.25, 0.3) is 0 Å². The minimum Gasteiger partial charge on any atom is -0.454 e. The number of hydrogen-bond acceptors (Lipinski definition) is 5. The molecule has 3 unspecified atom stereocenters. The molecule has 4 aliphatic rings. The standard InChI is InChI=1S/C24H33N3O4/c1-25(14-18-5-4-10-26-9-3-2-6-20(18)26)24(29)19-12-23(28)27(15-19)13-17-7-8-21-22(11-17)31-16-30-21/h7-8,11,18-20H,2-6,9-10,12-16H2,1H3. The van der Waals surface area contributed by atoms with Gasteiger partial charge in [0.15, 0.2) is 11.5 Å². The van der Waals surface area contributed by atoms with E-state index in [2.05, 4.69) is 4.90 Å². The van der Waals surface area contributed by atoms with Gasteiger partial charge in [0.1, 0.15) is 0 Å². The van der Waals surface area contributed by atoms with Gasteiger partial charge in [0, 0.05) is 39.1 Å². The van der Waals surface area contributed by atoms with Gasteiger partial charge in [0.2, 0.25) is 18.6 Å². The fourth-order valence-electron chi connectivity index (χ4n) is 5.89. The number of piperidine rings is 2. The molecule has 7 heteroatoms. The lowest BCUT2D eigenvalue weighted by Crippen LogP contribution is -2.51. The van der Waals surface area contributed by atoms with Crippen molar-refractivity contribution in [1.29, 1.82) is 0 Å². The molecule has 3 saturated heterocycles. The Morgan fingerprint density at radius 1 is 1.13 bits per heavy atom. The Balaban J connectivity index is 1.17. The third kappa shape index (κ3) is 4.25. The van der Waals surface area contributed by atoms with Crippen molar-refractivity contribution in [3.8, 4) is 11.5 Å². The number of ether oxygens (including phenoxy) is 2. The summed E-state index contributed by atoms with van der Waals surface area (Å²) in [7, 11) is 1.93. The third-order valence-corrected chi connectivity index (χ3v) is 7.49. The maximum atomic E-state index is 13.2. The van der Waals surface area contributed by atoms with E-state index in [1.807, 2.05) is 30.1 Å². The van der Waals surface area contributed by atoms with E-state index in [1.165, 1.54) is 45.2 Å². The summed E-state index contributed by atoms with van der Waals surface area (Å²) in [6, 6.07) is 6.40. The largest absolute Gasteiger partial charge is 0.454 e. The minimum atomic E-state index is -0.238. The second-order valence-electron chi connectivity index (χ2n) is 9.58. The van der Waals surface area contributed by atoms with Crippen molar-refractivity contribution in [3.05, 3.63) is 23.8 Å². The molecule has 0 aliphatic carbocycles. The summed E-state index contributed by atoms with van der Waals surface area (Å²) in [5, 5.41) is 0. The molecular formula is C24H33N3O4. The first-order valence-corrected chi connectivity index (χ1v) is 11.7. The van der Waals surface area contributed by atoms with Crippen LogP contribution in [0.15, 0.2) is 18.2 Å². The molecule has 1 aromatic carbocycles. The van der Waals surface area contributed by atoms with Crippen molar-refractivity contribution >= 4 is 11.8 Å². The van der Waals surface area contributed by atoms with Crippen LogP contribution in [0.5, 0.6) is 11.5 Å². The summed E-state index contributed by atoms with van der Waals surface area (Å²) in [6.07, 6.45) is 6.63. The topological polar surface area (TPSA) is 62.3 Å². The second kappa shape index (κ2) is 8.69. The smallest absolute Gasteiger partial charge is 0.231 e. The van der Waals surface area contributed by atoms with Gasteiger partial charge >= 0.3 is 0 Å². The van der Waals surface area contributed by atoms with Crippen LogP contribution >= 0.6 is 0 Å². The van der Waals surface area contributed by atoms with E-state index >= 15 is 0 Å². The molecule has 3 fully saturated rings. The van der Waals surface area contributed by atoms with Crippen LogP contribution < -0.4 is 9.47 Å². The number of carbonyl (C=O) groups is 2. The normalized spacial score (nSPS) is 28.0. The van der Waals surface area contributed by atoms with Crippen molar-refractivity contribution in [2.24, 2.45) is 11.8 Å². The first kappa shape index (κ1) is 20.6. The summed E-state index contributed by atoms with van der Waals surface area (Å²) in [5.41, 5.74) is 0.999. The van der Waals surface area contributed by atoms with Gasteiger partial charge in [0.25, 0.3) is 0 Å². The maximum Gasteiger partial charge on any atom is 0.231 e. The molecule has 168 valence electrons. The number of fused-ring (bicyclic) bond motifs is 2. The van der Waals surface area contributed by atoms with Crippen LogP contribution in [0, 0.1) is 11.8 Å². The van der Waals surface area contributed by atoms with Crippen molar-refractivity contribution in [1.82, 2.24) is 14.7 Å². The zero-order valence-electron chi connectivity index (χ0n) is 18.4. The van der Waals surface area contributed by atoms with Gasteiger partial charge in [-0.1, -0.05) is 12.5 Å². The Labute approximate surface area is 184 Å². The van der Waals surface area contributed by atoms with E-state index in [4.69, 9.17) is 9.47 Å². The Morgan fingerprint density at radius 3 is 2.87 bits per heavy atom. The minimum absolute atomic E-state index is 0.0561. The van der Waals surface area contributed by atoms with E-state index in [9.17, 15) is 9.59 Å². The number of carbonyl (C=O) groups excluding carboxylic acids is 2. The molecule has 0 radical (unpaired) electrons. The van der Waals surface area contributed by atoms with Gasteiger partial charge in [0.05, 0.1) is 5.92 Å². The number of benzene rings is 1. The van der Waals surface area contributed by atoms with Crippen molar-refractivity contribution in [2.75, 3.05) is 40.0 Å². The van der Waals surface area contributed by atoms with Crippen LogP contribution in [0.2, 0.25) is 0 Å². The lowest BCUT2D eigenvalue weighted by atomic mass is 9.83. The summed E-state index contributed by atoms with van der Waals surface area (Å²) in [4.78, 5) is 32.1. The number of hydrogen-bond donors (Lipinski definition) is 0. The molecule has 0 bridgehead atoms. The molecule has 4 aliphatic heterocycles. The molecule has 1 aromatic rings. The molecule has 0 aromatic heterocycles. The van der Waals surface area contributed by atoms with Gasteiger partial charge in [-0.25, -0.2) is 0 Å². The predicted molar refractivity (Wildman–Crippen MR) is 116 cm³/mol. The quantitative estimate of drug-likeness (QED) is 0.723. The zero-order valence-corrected chi connectivity index (χ0v) is 18.4. The molecule has 0 saturated carbocycles. The van der Waals surface area contributed by atoms with Gasteiger partial charge in [-0.15, -0.1) is 0 Å². The third-order valence-electron chi connectivity index (χ3n) is 7.49. The molecule has 4 heterocycles. The van der Waals surface area contributed by atoms with Crippen LogP contribution in [0.4, 0.5) is 0 Å². The average molecular weight is 428 g/mol. The van der Waals surface area contributed by atoms with E-state index < -0.39 is 0 Å². The highest BCUT2D eigenvalue weighted by molar-refractivity contribution is 5.89. The van der Waals surface area contributed by atoms with E-state index in [0.29, 0.717) is 31.5 Å². The zero-order chi connectivity index (χ0) is 21.4. The Hall–Kier alpha value is -2.28. The number of likely N-dealkylation sites (tertiary alicyclic amines) is 1. The summed E-state index contributed by atoms with van der Waals surface area (Å²) in [6.45, 7) is 4.48.